The van der Waals surface area contributed by atoms with E-state index in [1.54, 1.807) is 13.0 Å². The molecule has 0 bridgehead atoms. The first-order valence-corrected chi connectivity index (χ1v) is 6.04. The van der Waals surface area contributed by atoms with Crippen molar-refractivity contribution in [3.8, 4) is 0 Å². The monoisotopic (exact) mass is 252 g/mol. The predicted octanol–water partition coefficient (Wildman–Crippen LogP) is 1.97. The molecule has 5 heteroatoms. The van der Waals surface area contributed by atoms with Gasteiger partial charge in [-0.05, 0) is 39.7 Å². The Bertz CT molecular complexity index is 432. The number of aromatic nitrogens is 1. The molecule has 1 atom stereocenters. The summed E-state index contributed by atoms with van der Waals surface area (Å²) in [7, 11) is 0. The fourth-order valence-corrected chi connectivity index (χ4v) is 1.95. The van der Waals surface area contributed by atoms with Crippen molar-refractivity contribution >= 4 is 11.7 Å². The molecule has 1 rings (SSSR count). The van der Waals surface area contributed by atoms with Gasteiger partial charge in [0.05, 0.1) is 11.4 Å². The number of carbonyl (C=O) groups is 1. The Morgan fingerprint density at radius 3 is 2.72 bits per heavy atom. The number of aliphatic hydroxyl groups is 1. The van der Waals surface area contributed by atoms with Crippen molar-refractivity contribution in [2.75, 3.05) is 11.9 Å². The molecule has 1 aromatic rings. The van der Waals surface area contributed by atoms with Crippen LogP contribution in [0, 0.1) is 13.8 Å². The topological polar surface area (TPSA) is 82.5 Å². The van der Waals surface area contributed by atoms with E-state index in [9.17, 15) is 9.90 Å². The molecule has 0 spiro atoms. The van der Waals surface area contributed by atoms with Gasteiger partial charge in [0.1, 0.15) is 5.56 Å². The van der Waals surface area contributed by atoms with Crippen LogP contribution in [-0.2, 0) is 0 Å². The van der Waals surface area contributed by atoms with Crippen LogP contribution in [0.25, 0.3) is 0 Å². The molecule has 0 fully saturated rings. The van der Waals surface area contributed by atoms with Crippen molar-refractivity contribution in [3.63, 3.8) is 0 Å². The standard InChI is InChI=1S/C13H20N2O3/c1-8(5-4-6-16)15-11-7-9(2)14-10(3)12(11)13(17)18/h7-8,16H,4-6H2,1-3H3,(H,14,15)(H,17,18). The minimum absolute atomic E-state index is 0.108. The van der Waals surface area contributed by atoms with Gasteiger partial charge in [-0.25, -0.2) is 4.79 Å². The number of pyridine rings is 1. The van der Waals surface area contributed by atoms with E-state index in [-0.39, 0.29) is 18.2 Å². The van der Waals surface area contributed by atoms with Crippen LogP contribution in [-0.4, -0.2) is 33.8 Å². The first-order valence-electron chi connectivity index (χ1n) is 6.04. The zero-order chi connectivity index (χ0) is 13.7. The van der Waals surface area contributed by atoms with Crippen LogP contribution in [0.5, 0.6) is 0 Å². The number of hydrogen-bond acceptors (Lipinski definition) is 4. The van der Waals surface area contributed by atoms with E-state index < -0.39 is 5.97 Å². The van der Waals surface area contributed by atoms with Crippen molar-refractivity contribution < 1.29 is 15.0 Å². The van der Waals surface area contributed by atoms with Gasteiger partial charge in [0.15, 0.2) is 0 Å². The van der Waals surface area contributed by atoms with Crippen molar-refractivity contribution in [1.82, 2.24) is 4.98 Å². The largest absolute Gasteiger partial charge is 0.478 e. The van der Waals surface area contributed by atoms with Crippen LogP contribution < -0.4 is 5.32 Å². The number of aryl methyl sites for hydroxylation is 2. The Balaban J connectivity index is 2.96. The number of hydrogen-bond donors (Lipinski definition) is 3. The van der Waals surface area contributed by atoms with Crippen molar-refractivity contribution in [2.24, 2.45) is 0 Å². The maximum absolute atomic E-state index is 11.2. The second-order valence-electron chi connectivity index (χ2n) is 4.49. The molecular formula is C13H20N2O3. The predicted molar refractivity (Wildman–Crippen MR) is 70.1 cm³/mol. The van der Waals surface area contributed by atoms with Crippen LogP contribution in [0.1, 0.15) is 41.5 Å². The van der Waals surface area contributed by atoms with Gasteiger partial charge in [0, 0.05) is 18.3 Å². The summed E-state index contributed by atoms with van der Waals surface area (Å²) in [5.74, 6) is -0.975. The third-order valence-electron chi connectivity index (χ3n) is 2.74. The number of carboxylic acids is 1. The fourth-order valence-electron chi connectivity index (χ4n) is 1.95. The molecule has 1 aromatic heterocycles. The third kappa shape index (κ3) is 3.70. The molecule has 1 unspecified atom stereocenters. The molecule has 0 amide bonds. The van der Waals surface area contributed by atoms with Gasteiger partial charge in [0.25, 0.3) is 0 Å². The first-order chi connectivity index (χ1) is 8.45. The number of aromatic carboxylic acids is 1. The van der Waals surface area contributed by atoms with Gasteiger partial charge in [-0.15, -0.1) is 0 Å². The molecule has 0 aliphatic rings. The highest BCUT2D eigenvalue weighted by Crippen LogP contribution is 2.21. The summed E-state index contributed by atoms with van der Waals surface area (Å²) in [6, 6.07) is 1.85. The average Bonchev–Trinajstić information content (AvgIpc) is 2.24. The maximum atomic E-state index is 11.2. The van der Waals surface area contributed by atoms with Crippen molar-refractivity contribution in [1.29, 1.82) is 0 Å². The van der Waals surface area contributed by atoms with Crippen LogP contribution in [0.2, 0.25) is 0 Å². The van der Waals surface area contributed by atoms with Gasteiger partial charge in [-0.3, -0.25) is 4.98 Å². The summed E-state index contributed by atoms with van der Waals surface area (Å²) >= 11 is 0. The average molecular weight is 252 g/mol. The van der Waals surface area contributed by atoms with Gasteiger partial charge in [-0.1, -0.05) is 0 Å². The number of nitrogens with one attached hydrogen (secondary N) is 1. The van der Waals surface area contributed by atoms with Gasteiger partial charge >= 0.3 is 5.97 Å². The van der Waals surface area contributed by atoms with Crippen LogP contribution in [0.3, 0.4) is 0 Å². The Labute approximate surface area is 107 Å². The number of anilines is 1. The first kappa shape index (κ1) is 14.4. The molecule has 0 aromatic carbocycles. The molecule has 0 radical (unpaired) electrons. The second-order valence-corrected chi connectivity index (χ2v) is 4.49. The van der Waals surface area contributed by atoms with Gasteiger partial charge in [0.2, 0.25) is 0 Å². The van der Waals surface area contributed by atoms with Crippen LogP contribution in [0.15, 0.2) is 6.07 Å². The fraction of sp³-hybridized carbons (Fsp3) is 0.538. The summed E-state index contributed by atoms with van der Waals surface area (Å²) in [6.45, 7) is 5.64. The minimum Gasteiger partial charge on any atom is -0.478 e. The highest BCUT2D eigenvalue weighted by Gasteiger charge is 2.16. The molecule has 0 saturated heterocycles. The zero-order valence-electron chi connectivity index (χ0n) is 11.0. The normalized spacial score (nSPS) is 12.2. The van der Waals surface area contributed by atoms with E-state index in [0.29, 0.717) is 17.8 Å². The molecule has 100 valence electrons. The second kappa shape index (κ2) is 6.35. The maximum Gasteiger partial charge on any atom is 0.339 e. The number of nitrogens with zero attached hydrogens (tertiary/aromatic N) is 1. The Hall–Kier alpha value is -1.62. The summed E-state index contributed by atoms with van der Waals surface area (Å²) in [5.41, 5.74) is 2.11. The molecule has 5 nitrogen and oxygen atoms in total. The molecule has 18 heavy (non-hydrogen) atoms. The van der Waals surface area contributed by atoms with Crippen molar-refractivity contribution in [2.45, 2.75) is 39.7 Å². The van der Waals surface area contributed by atoms with E-state index in [2.05, 4.69) is 10.3 Å². The lowest BCUT2D eigenvalue weighted by Crippen LogP contribution is -2.19. The molecule has 3 N–H and O–H groups in total. The zero-order valence-corrected chi connectivity index (χ0v) is 11.0. The van der Waals surface area contributed by atoms with E-state index in [1.165, 1.54) is 0 Å². The molecule has 0 saturated carbocycles. The van der Waals surface area contributed by atoms with E-state index in [1.807, 2.05) is 13.8 Å². The number of rotatable bonds is 6. The molecule has 1 heterocycles. The summed E-state index contributed by atoms with van der Waals surface area (Å²) in [5, 5.41) is 21.2. The summed E-state index contributed by atoms with van der Waals surface area (Å²) < 4.78 is 0. The summed E-state index contributed by atoms with van der Waals surface area (Å²) in [6.07, 6.45) is 1.48. The highest BCUT2D eigenvalue weighted by atomic mass is 16.4. The molecular weight excluding hydrogens is 232 g/mol. The van der Waals surface area contributed by atoms with Gasteiger partial charge in [-0.2, -0.15) is 0 Å². The van der Waals surface area contributed by atoms with Gasteiger partial charge < -0.3 is 15.5 Å². The lowest BCUT2D eigenvalue weighted by Gasteiger charge is -2.18. The Morgan fingerprint density at radius 2 is 2.17 bits per heavy atom. The minimum atomic E-state index is -0.975. The molecule has 0 aliphatic heterocycles. The molecule has 0 aliphatic carbocycles. The third-order valence-corrected chi connectivity index (χ3v) is 2.74. The van der Waals surface area contributed by atoms with E-state index in [0.717, 1.165) is 12.1 Å². The number of carboxylic acid groups (broad SMARTS) is 1. The summed E-state index contributed by atoms with van der Waals surface area (Å²) in [4.78, 5) is 15.4. The lowest BCUT2D eigenvalue weighted by molar-refractivity contribution is 0.0696. The quantitative estimate of drug-likeness (QED) is 0.721. The SMILES string of the molecule is Cc1cc(NC(C)CCCO)c(C(=O)O)c(C)n1. The lowest BCUT2D eigenvalue weighted by atomic mass is 10.1. The number of aliphatic hydroxyl groups excluding tert-OH is 1. The highest BCUT2D eigenvalue weighted by molar-refractivity contribution is 5.95. The van der Waals surface area contributed by atoms with E-state index in [4.69, 9.17) is 5.11 Å². The van der Waals surface area contributed by atoms with Crippen molar-refractivity contribution in [3.05, 3.63) is 23.0 Å². The Kier molecular flexibility index (Phi) is 5.09. The Morgan fingerprint density at radius 1 is 1.50 bits per heavy atom. The van der Waals surface area contributed by atoms with Crippen LogP contribution >= 0.6 is 0 Å². The van der Waals surface area contributed by atoms with E-state index >= 15 is 0 Å². The smallest absolute Gasteiger partial charge is 0.339 e. The van der Waals surface area contributed by atoms with Crippen LogP contribution in [0.4, 0.5) is 5.69 Å².